The first kappa shape index (κ1) is 21.1. The molecule has 0 fully saturated rings. The standard InChI is InChI=1S/C19H17F3N4O4/c1-29-14-7-5-12(6-8-14)16(27)10-26-11-23-17(25-26)18(28)24-13-3-2-4-15(9-13)30-19(20,21)22/h2-9,11,16,27H,10H2,1H3,(H,24,28)/t16-/m1/s1. The summed E-state index contributed by atoms with van der Waals surface area (Å²) in [6.07, 6.45) is -4.47. The van der Waals surface area contributed by atoms with E-state index < -0.39 is 24.1 Å². The van der Waals surface area contributed by atoms with E-state index in [1.165, 1.54) is 30.3 Å². The van der Waals surface area contributed by atoms with Crippen molar-refractivity contribution in [2.45, 2.75) is 19.0 Å². The smallest absolute Gasteiger partial charge is 0.497 e. The van der Waals surface area contributed by atoms with Crippen molar-refractivity contribution in [2.75, 3.05) is 12.4 Å². The van der Waals surface area contributed by atoms with Crippen LogP contribution in [-0.2, 0) is 6.54 Å². The summed E-state index contributed by atoms with van der Waals surface area (Å²) in [5.74, 6) is -0.757. The average Bonchev–Trinajstić information content (AvgIpc) is 3.15. The number of hydrogen-bond acceptors (Lipinski definition) is 6. The van der Waals surface area contributed by atoms with Crippen molar-refractivity contribution in [3.8, 4) is 11.5 Å². The van der Waals surface area contributed by atoms with Gasteiger partial charge in [0.1, 0.15) is 17.8 Å². The summed E-state index contributed by atoms with van der Waals surface area (Å²) >= 11 is 0. The minimum atomic E-state index is -4.84. The van der Waals surface area contributed by atoms with Gasteiger partial charge >= 0.3 is 6.36 Å². The van der Waals surface area contributed by atoms with Crippen LogP contribution in [0.25, 0.3) is 0 Å². The maximum absolute atomic E-state index is 12.3. The number of aliphatic hydroxyl groups excluding tert-OH is 1. The number of aromatic nitrogens is 3. The van der Waals surface area contributed by atoms with E-state index in [4.69, 9.17) is 4.74 Å². The molecule has 0 saturated carbocycles. The third-order valence-corrected chi connectivity index (χ3v) is 3.93. The highest BCUT2D eigenvalue weighted by Crippen LogP contribution is 2.25. The Bertz CT molecular complexity index is 1010. The lowest BCUT2D eigenvalue weighted by Gasteiger charge is -2.11. The number of amides is 1. The molecule has 0 spiro atoms. The van der Waals surface area contributed by atoms with Crippen LogP contribution in [0.3, 0.4) is 0 Å². The normalized spacial score (nSPS) is 12.3. The number of alkyl halides is 3. The molecule has 3 rings (SSSR count). The molecule has 8 nitrogen and oxygen atoms in total. The number of hydrogen-bond donors (Lipinski definition) is 2. The van der Waals surface area contributed by atoms with E-state index in [1.807, 2.05) is 0 Å². The van der Waals surface area contributed by atoms with Crippen LogP contribution in [0.15, 0.2) is 54.9 Å². The highest BCUT2D eigenvalue weighted by molar-refractivity contribution is 6.01. The second kappa shape index (κ2) is 8.82. The van der Waals surface area contributed by atoms with Gasteiger partial charge in [0.2, 0.25) is 5.82 Å². The van der Waals surface area contributed by atoms with Gasteiger partial charge in [-0.2, -0.15) is 0 Å². The fourth-order valence-electron chi connectivity index (χ4n) is 2.55. The molecule has 1 heterocycles. The Morgan fingerprint density at radius 3 is 2.60 bits per heavy atom. The number of aliphatic hydroxyl groups is 1. The Morgan fingerprint density at radius 2 is 1.93 bits per heavy atom. The van der Waals surface area contributed by atoms with Crippen molar-refractivity contribution in [3.05, 3.63) is 66.2 Å². The topological polar surface area (TPSA) is 98.5 Å². The molecule has 3 aromatic rings. The third-order valence-electron chi connectivity index (χ3n) is 3.93. The molecule has 11 heteroatoms. The van der Waals surface area contributed by atoms with E-state index in [2.05, 4.69) is 20.1 Å². The van der Waals surface area contributed by atoms with Gasteiger partial charge in [-0.3, -0.25) is 4.79 Å². The SMILES string of the molecule is COc1ccc([C@H](O)Cn2cnc(C(=O)Nc3cccc(OC(F)(F)F)c3)n2)cc1. The fourth-order valence-corrected chi connectivity index (χ4v) is 2.55. The van der Waals surface area contributed by atoms with E-state index in [-0.39, 0.29) is 18.1 Å². The molecule has 2 N–H and O–H groups in total. The number of methoxy groups -OCH3 is 1. The molecule has 158 valence electrons. The molecule has 0 radical (unpaired) electrons. The van der Waals surface area contributed by atoms with Gasteiger partial charge in [-0.05, 0) is 29.8 Å². The molecule has 0 saturated heterocycles. The first-order valence-corrected chi connectivity index (χ1v) is 8.62. The number of carbonyl (C=O) groups is 1. The highest BCUT2D eigenvalue weighted by Gasteiger charge is 2.31. The largest absolute Gasteiger partial charge is 0.573 e. The molecule has 30 heavy (non-hydrogen) atoms. The number of halogens is 3. The number of rotatable bonds is 7. The van der Waals surface area contributed by atoms with Crippen molar-refractivity contribution in [1.82, 2.24) is 14.8 Å². The third kappa shape index (κ3) is 5.70. The average molecular weight is 422 g/mol. The van der Waals surface area contributed by atoms with Crippen LogP contribution in [0.2, 0.25) is 0 Å². The monoisotopic (exact) mass is 422 g/mol. The van der Waals surface area contributed by atoms with Crippen molar-refractivity contribution < 1.29 is 32.5 Å². The van der Waals surface area contributed by atoms with Gasteiger partial charge in [-0.1, -0.05) is 18.2 Å². The molecule has 0 unspecified atom stereocenters. The molecule has 0 bridgehead atoms. The van der Waals surface area contributed by atoms with Gasteiger partial charge in [-0.25, -0.2) is 9.67 Å². The molecule has 0 aliphatic rings. The molecular weight excluding hydrogens is 405 g/mol. The van der Waals surface area contributed by atoms with E-state index >= 15 is 0 Å². The Labute approximate surface area is 168 Å². The van der Waals surface area contributed by atoms with E-state index in [9.17, 15) is 23.1 Å². The van der Waals surface area contributed by atoms with E-state index in [1.54, 1.807) is 24.3 Å². The summed E-state index contributed by atoms with van der Waals surface area (Å²) in [7, 11) is 1.53. The predicted molar refractivity (Wildman–Crippen MR) is 99.1 cm³/mol. The summed E-state index contributed by atoms with van der Waals surface area (Å²) < 4.78 is 47.1. The van der Waals surface area contributed by atoms with Gasteiger partial charge in [-0.15, -0.1) is 18.3 Å². The second-order valence-electron chi connectivity index (χ2n) is 6.11. The van der Waals surface area contributed by atoms with Crippen LogP contribution in [-0.4, -0.2) is 39.3 Å². The van der Waals surface area contributed by atoms with Crippen molar-refractivity contribution in [1.29, 1.82) is 0 Å². The Morgan fingerprint density at radius 1 is 1.20 bits per heavy atom. The summed E-state index contributed by atoms with van der Waals surface area (Å²) in [4.78, 5) is 16.1. The lowest BCUT2D eigenvalue weighted by molar-refractivity contribution is -0.274. The van der Waals surface area contributed by atoms with Crippen LogP contribution in [0, 0.1) is 0 Å². The molecule has 1 atom stereocenters. The maximum atomic E-state index is 12.3. The Kier molecular flexibility index (Phi) is 6.21. The molecule has 0 aliphatic carbocycles. The molecule has 1 amide bonds. The van der Waals surface area contributed by atoms with Crippen LogP contribution >= 0.6 is 0 Å². The minimum Gasteiger partial charge on any atom is -0.497 e. The first-order chi connectivity index (χ1) is 14.2. The van der Waals surface area contributed by atoms with Crippen molar-refractivity contribution in [3.63, 3.8) is 0 Å². The molecule has 0 aliphatic heterocycles. The zero-order chi connectivity index (χ0) is 21.7. The summed E-state index contributed by atoms with van der Waals surface area (Å²) in [5.41, 5.74) is 0.704. The van der Waals surface area contributed by atoms with Crippen molar-refractivity contribution >= 4 is 11.6 Å². The molecule has 1 aromatic heterocycles. The van der Waals surface area contributed by atoms with E-state index in [0.717, 1.165) is 12.1 Å². The quantitative estimate of drug-likeness (QED) is 0.607. The maximum Gasteiger partial charge on any atom is 0.573 e. The fraction of sp³-hybridized carbons (Fsp3) is 0.211. The number of nitrogens with one attached hydrogen (secondary N) is 1. The first-order valence-electron chi connectivity index (χ1n) is 8.62. The van der Waals surface area contributed by atoms with Gasteiger partial charge in [0, 0.05) is 11.8 Å². The van der Waals surface area contributed by atoms with Gasteiger partial charge in [0.15, 0.2) is 0 Å². The summed E-state index contributed by atoms with van der Waals surface area (Å²) in [6, 6.07) is 11.6. The van der Waals surface area contributed by atoms with Gasteiger partial charge in [0.25, 0.3) is 5.91 Å². The Balaban J connectivity index is 1.62. The zero-order valence-corrected chi connectivity index (χ0v) is 15.6. The lowest BCUT2D eigenvalue weighted by atomic mass is 10.1. The van der Waals surface area contributed by atoms with Crippen LogP contribution < -0.4 is 14.8 Å². The van der Waals surface area contributed by atoms with Crippen LogP contribution in [0.4, 0.5) is 18.9 Å². The van der Waals surface area contributed by atoms with Crippen molar-refractivity contribution in [2.24, 2.45) is 0 Å². The summed E-state index contributed by atoms with van der Waals surface area (Å²) in [6.45, 7) is 0.0432. The lowest BCUT2D eigenvalue weighted by Crippen LogP contribution is -2.18. The number of ether oxygens (including phenoxy) is 2. The number of anilines is 1. The van der Waals surface area contributed by atoms with Gasteiger partial charge < -0.3 is 19.9 Å². The van der Waals surface area contributed by atoms with E-state index in [0.29, 0.717) is 11.3 Å². The second-order valence-corrected chi connectivity index (χ2v) is 6.11. The van der Waals surface area contributed by atoms with Crippen LogP contribution in [0.5, 0.6) is 11.5 Å². The predicted octanol–water partition coefficient (Wildman–Crippen LogP) is 3.17. The molecule has 2 aromatic carbocycles. The molecular formula is C19H17F3N4O4. The Hall–Kier alpha value is -3.60. The number of nitrogens with zero attached hydrogens (tertiary/aromatic N) is 3. The van der Waals surface area contributed by atoms with Crippen LogP contribution in [0.1, 0.15) is 22.3 Å². The highest BCUT2D eigenvalue weighted by atomic mass is 19.4. The van der Waals surface area contributed by atoms with Gasteiger partial charge in [0.05, 0.1) is 19.8 Å². The number of carbonyl (C=O) groups excluding carboxylic acids is 1. The summed E-state index contributed by atoms with van der Waals surface area (Å²) in [5, 5.41) is 16.7. The zero-order valence-electron chi connectivity index (χ0n) is 15.6. The number of benzene rings is 2. The minimum absolute atomic E-state index is 0.0432.